The Hall–Kier alpha value is -8.14. The Morgan fingerprint density at radius 3 is 1.77 bits per heavy atom. The van der Waals surface area contributed by atoms with E-state index in [1.54, 1.807) is 0 Å². The van der Waals surface area contributed by atoms with Gasteiger partial charge in [0, 0.05) is 38.4 Å². The predicted molar refractivity (Wildman–Crippen MR) is 257 cm³/mol. The van der Waals surface area contributed by atoms with Crippen LogP contribution < -0.4 is 4.90 Å². The minimum absolute atomic E-state index is 0.844. The van der Waals surface area contributed by atoms with Crippen LogP contribution in [0, 0.1) is 0 Å². The van der Waals surface area contributed by atoms with Gasteiger partial charge >= 0.3 is 0 Å². The molecule has 0 radical (unpaired) electrons. The first-order valence-corrected chi connectivity index (χ1v) is 20.8. The third kappa shape index (κ3) is 5.17. The summed E-state index contributed by atoms with van der Waals surface area (Å²) >= 11 is 0. The van der Waals surface area contributed by atoms with Crippen molar-refractivity contribution in [1.29, 1.82) is 0 Å². The normalized spacial score (nSPS) is 11.9. The molecule has 0 aliphatic carbocycles. The Bertz CT molecular complexity index is 3890. The van der Waals surface area contributed by atoms with Gasteiger partial charge < -0.3 is 13.7 Å². The lowest BCUT2D eigenvalue weighted by Gasteiger charge is -2.28. The maximum atomic E-state index is 6.85. The number of hydrogen-bond acceptors (Lipinski definition) is 3. The van der Waals surface area contributed by atoms with Crippen LogP contribution >= 0.6 is 0 Å². The van der Waals surface area contributed by atoms with Gasteiger partial charge in [0.2, 0.25) is 0 Å². The van der Waals surface area contributed by atoms with E-state index in [1.165, 1.54) is 32.5 Å². The van der Waals surface area contributed by atoms with E-state index in [9.17, 15) is 0 Å². The number of benzene rings is 11. The quantitative estimate of drug-likeness (QED) is 0.163. The van der Waals surface area contributed by atoms with Crippen LogP contribution in [0.5, 0.6) is 0 Å². The maximum absolute atomic E-state index is 6.85. The largest absolute Gasteiger partial charge is 0.455 e. The highest BCUT2D eigenvalue weighted by atomic mass is 16.3. The van der Waals surface area contributed by atoms with Gasteiger partial charge in [-0.1, -0.05) is 158 Å². The number of hydrogen-bond donors (Lipinski definition) is 0. The molecule has 0 bridgehead atoms. The number of nitrogens with zero attached hydrogens (tertiary/aromatic N) is 1. The maximum Gasteiger partial charge on any atom is 0.143 e. The second kappa shape index (κ2) is 13.2. The van der Waals surface area contributed by atoms with Crippen molar-refractivity contribution in [1.82, 2.24) is 0 Å². The summed E-state index contributed by atoms with van der Waals surface area (Å²) in [4.78, 5) is 2.40. The zero-order valence-corrected chi connectivity index (χ0v) is 33.0. The molecule has 61 heavy (non-hydrogen) atoms. The Balaban J connectivity index is 1.06. The van der Waals surface area contributed by atoms with Crippen LogP contribution in [0.4, 0.5) is 17.1 Å². The molecule has 13 aromatic rings. The van der Waals surface area contributed by atoms with Gasteiger partial charge in [0.05, 0.1) is 16.8 Å². The van der Waals surface area contributed by atoms with Gasteiger partial charge in [0.25, 0.3) is 0 Å². The van der Waals surface area contributed by atoms with E-state index in [1.807, 2.05) is 0 Å². The highest BCUT2D eigenvalue weighted by molar-refractivity contribution is 6.21. The Kier molecular flexibility index (Phi) is 7.31. The number of anilines is 3. The molecule has 13 rings (SSSR count). The van der Waals surface area contributed by atoms with Crippen molar-refractivity contribution in [3.8, 4) is 22.3 Å². The molecule has 0 unspecified atom stereocenters. The molecule has 0 N–H and O–H groups in total. The highest BCUT2D eigenvalue weighted by Gasteiger charge is 2.24. The molecule has 0 saturated carbocycles. The van der Waals surface area contributed by atoms with E-state index in [0.717, 1.165) is 93.8 Å². The van der Waals surface area contributed by atoms with E-state index in [2.05, 4.69) is 217 Å². The van der Waals surface area contributed by atoms with Gasteiger partial charge in [-0.15, -0.1) is 0 Å². The zero-order valence-electron chi connectivity index (χ0n) is 33.0. The molecular formula is C58H35NO2. The summed E-state index contributed by atoms with van der Waals surface area (Å²) < 4.78 is 13.6. The fourth-order valence-corrected chi connectivity index (χ4v) is 9.80. The fourth-order valence-electron chi connectivity index (χ4n) is 9.80. The van der Waals surface area contributed by atoms with E-state index < -0.39 is 0 Å². The first-order valence-electron chi connectivity index (χ1n) is 20.8. The number of rotatable bonds is 5. The number of para-hydroxylation sites is 2. The Morgan fingerprint density at radius 2 is 0.918 bits per heavy atom. The lowest BCUT2D eigenvalue weighted by molar-refractivity contribution is 0.670. The molecule has 0 atom stereocenters. The van der Waals surface area contributed by atoms with Crippen LogP contribution in [0.25, 0.3) is 109 Å². The van der Waals surface area contributed by atoms with Crippen molar-refractivity contribution < 1.29 is 8.83 Å². The van der Waals surface area contributed by atoms with E-state index in [0.29, 0.717) is 0 Å². The van der Waals surface area contributed by atoms with Crippen molar-refractivity contribution in [3.05, 3.63) is 212 Å². The molecular weight excluding hydrogens is 743 g/mol. The zero-order chi connectivity index (χ0) is 40.0. The topological polar surface area (TPSA) is 29.5 Å². The fraction of sp³-hybridized carbons (Fsp3) is 0. The van der Waals surface area contributed by atoms with E-state index in [4.69, 9.17) is 8.83 Å². The van der Waals surface area contributed by atoms with Crippen molar-refractivity contribution >= 4 is 104 Å². The number of fused-ring (bicyclic) bond motifs is 12. The lowest BCUT2D eigenvalue weighted by atomic mass is 9.93. The van der Waals surface area contributed by atoms with Crippen molar-refractivity contribution in [2.75, 3.05) is 4.90 Å². The summed E-state index contributed by atoms with van der Waals surface area (Å²) in [6, 6.07) is 76.3. The van der Waals surface area contributed by atoms with Crippen molar-refractivity contribution in [3.63, 3.8) is 0 Å². The van der Waals surface area contributed by atoms with E-state index in [-0.39, 0.29) is 0 Å². The van der Waals surface area contributed by atoms with Gasteiger partial charge in [0.15, 0.2) is 0 Å². The van der Waals surface area contributed by atoms with Gasteiger partial charge in [-0.05, 0) is 103 Å². The minimum atomic E-state index is 0.844. The average molecular weight is 778 g/mol. The summed E-state index contributed by atoms with van der Waals surface area (Å²) in [6.07, 6.45) is 0. The third-order valence-corrected chi connectivity index (χ3v) is 12.6. The van der Waals surface area contributed by atoms with Gasteiger partial charge in [0.1, 0.15) is 22.3 Å². The molecule has 0 fully saturated rings. The molecule has 3 nitrogen and oxygen atoms in total. The third-order valence-electron chi connectivity index (χ3n) is 12.6. The average Bonchev–Trinajstić information content (AvgIpc) is 3.90. The van der Waals surface area contributed by atoms with Crippen LogP contribution in [0.1, 0.15) is 0 Å². The smallest absolute Gasteiger partial charge is 0.143 e. The van der Waals surface area contributed by atoms with Gasteiger partial charge in [-0.2, -0.15) is 0 Å². The summed E-state index contributed by atoms with van der Waals surface area (Å²) in [5, 5.41) is 14.0. The van der Waals surface area contributed by atoms with Crippen molar-refractivity contribution in [2.24, 2.45) is 0 Å². The molecule has 0 aliphatic rings. The molecule has 284 valence electrons. The second-order valence-corrected chi connectivity index (χ2v) is 16.0. The Morgan fingerprint density at radius 1 is 0.295 bits per heavy atom. The molecule has 0 amide bonds. The minimum Gasteiger partial charge on any atom is -0.455 e. The molecule has 0 spiro atoms. The summed E-state index contributed by atoms with van der Waals surface area (Å²) in [5.74, 6) is 0. The van der Waals surface area contributed by atoms with Crippen LogP contribution in [-0.2, 0) is 0 Å². The standard InChI is InChI=1S/C58H35NO2/c1-2-15-39-35-55-51(33-38(39)14-1)48-23-11-22-47(58(48)61-55)46-21-9-10-24-52(46)59(53-25-12-26-54-56(53)49-32-29-36-13-3-6-18-43(36)57(49)60-54)41-30-27-37(28-31-41)50-34-40-16-4-5-17-42(40)44-19-7-8-20-45(44)50/h1-35H. The van der Waals surface area contributed by atoms with Crippen LogP contribution in [-0.4, -0.2) is 0 Å². The van der Waals surface area contributed by atoms with E-state index >= 15 is 0 Å². The molecule has 2 aromatic heterocycles. The molecule has 11 aromatic carbocycles. The molecule has 3 heteroatoms. The summed E-state index contributed by atoms with van der Waals surface area (Å²) in [7, 11) is 0. The van der Waals surface area contributed by atoms with Crippen LogP contribution in [0.3, 0.4) is 0 Å². The molecule has 0 aliphatic heterocycles. The SMILES string of the molecule is c1ccc(N(c2ccc(-c3cc4ccccc4c4ccccc34)cc2)c2cccc3oc4c5ccccc5ccc4c23)c(-c2cccc3c2oc2cc4ccccc4cc23)c1. The first-order chi connectivity index (χ1) is 30.2. The van der Waals surface area contributed by atoms with Crippen LogP contribution in [0.2, 0.25) is 0 Å². The number of furan rings is 2. The molecule has 0 saturated heterocycles. The monoisotopic (exact) mass is 777 g/mol. The second-order valence-electron chi connectivity index (χ2n) is 16.0. The lowest BCUT2D eigenvalue weighted by Crippen LogP contribution is -2.11. The first kappa shape index (κ1) is 33.8. The molecule has 2 heterocycles. The van der Waals surface area contributed by atoms with Crippen molar-refractivity contribution in [2.45, 2.75) is 0 Å². The summed E-state index contributed by atoms with van der Waals surface area (Å²) in [6.45, 7) is 0. The van der Waals surface area contributed by atoms with Gasteiger partial charge in [-0.3, -0.25) is 0 Å². The Labute approximate surface area is 350 Å². The predicted octanol–water partition coefficient (Wildman–Crippen LogP) is 16.9. The van der Waals surface area contributed by atoms with Gasteiger partial charge in [-0.25, -0.2) is 0 Å². The summed E-state index contributed by atoms with van der Waals surface area (Å²) in [5.41, 5.74) is 11.1. The van der Waals surface area contributed by atoms with Crippen LogP contribution in [0.15, 0.2) is 221 Å². The highest BCUT2D eigenvalue weighted by Crippen LogP contribution is 2.49.